The number of benzene rings is 1. The molecule has 0 bridgehead atoms. The Morgan fingerprint density at radius 3 is 2.80 bits per heavy atom. The minimum atomic E-state index is 0.0425. The lowest BCUT2D eigenvalue weighted by Gasteiger charge is -2.39. The molecule has 1 saturated heterocycles. The molecule has 1 fully saturated rings. The third kappa shape index (κ3) is 4.25. The summed E-state index contributed by atoms with van der Waals surface area (Å²) in [6.07, 6.45) is 4.69. The smallest absolute Gasteiger partial charge is 0.274 e. The molecule has 1 atom stereocenters. The van der Waals surface area contributed by atoms with Gasteiger partial charge in [-0.25, -0.2) is 4.68 Å². The van der Waals surface area contributed by atoms with Crippen molar-refractivity contribution >= 4 is 5.91 Å². The minimum Gasteiger partial charge on any atom is -0.333 e. The summed E-state index contributed by atoms with van der Waals surface area (Å²) >= 11 is 0. The van der Waals surface area contributed by atoms with Crippen LogP contribution in [0.1, 0.15) is 42.2 Å². The van der Waals surface area contributed by atoms with Crippen LogP contribution in [-0.4, -0.2) is 56.4 Å². The summed E-state index contributed by atoms with van der Waals surface area (Å²) < 4.78 is 1.57. The first-order chi connectivity index (χ1) is 12.2. The first kappa shape index (κ1) is 17.6. The molecule has 134 valence electrons. The van der Waals surface area contributed by atoms with Crippen molar-refractivity contribution in [2.75, 3.05) is 19.6 Å². The van der Waals surface area contributed by atoms with E-state index in [2.05, 4.69) is 46.4 Å². The zero-order valence-corrected chi connectivity index (χ0v) is 15.1. The van der Waals surface area contributed by atoms with Crippen LogP contribution >= 0.6 is 0 Å². The van der Waals surface area contributed by atoms with Crippen LogP contribution in [-0.2, 0) is 13.6 Å². The molecule has 0 N–H and O–H groups in total. The third-order valence-corrected chi connectivity index (χ3v) is 4.83. The molecular weight excluding hydrogens is 314 g/mol. The highest BCUT2D eigenvalue weighted by Gasteiger charge is 2.30. The van der Waals surface area contributed by atoms with Crippen molar-refractivity contribution in [3.05, 3.63) is 47.8 Å². The van der Waals surface area contributed by atoms with Gasteiger partial charge in [0, 0.05) is 32.7 Å². The number of hydrogen-bond donors (Lipinski definition) is 0. The van der Waals surface area contributed by atoms with Gasteiger partial charge in [0.05, 0.1) is 6.20 Å². The van der Waals surface area contributed by atoms with E-state index in [4.69, 9.17) is 0 Å². The van der Waals surface area contributed by atoms with E-state index in [0.29, 0.717) is 5.69 Å². The number of amides is 1. The Morgan fingerprint density at radius 2 is 2.12 bits per heavy atom. The summed E-state index contributed by atoms with van der Waals surface area (Å²) in [6.45, 7) is 5.84. The van der Waals surface area contributed by atoms with E-state index in [1.807, 2.05) is 11.0 Å². The quantitative estimate of drug-likeness (QED) is 0.809. The van der Waals surface area contributed by atoms with E-state index in [9.17, 15) is 4.79 Å². The fraction of sp³-hybridized carbons (Fsp3) is 0.526. The molecular formula is C19H27N5O. The van der Waals surface area contributed by atoms with E-state index in [0.717, 1.165) is 45.4 Å². The maximum Gasteiger partial charge on any atom is 0.274 e. The van der Waals surface area contributed by atoms with Crippen molar-refractivity contribution in [2.45, 2.75) is 38.8 Å². The van der Waals surface area contributed by atoms with Gasteiger partial charge in [0.2, 0.25) is 0 Å². The molecule has 1 aliphatic rings. The monoisotopic (exact) mass is 341 g/mol. The second-order valence-electron chi connectivity index (χ2n) is 6.76. The summed E-state index contributed by atoms with van der Waals surface area (Å²) in [5.74, 6) is 0.0425. The summed E-state index contributed by atoms with van der Waals surface area (Å²) in [5, 5.41) is 7.76. The van der Waals surface area contributed by atoms with Crippen molar-refractivity contribution in [3.8, 4) is 0 Å². The van der Waals surface area contributed by atoms with E-state index in [1.54, 1.807) is 17.9 Å². The number of hydrogen-bond acceptors (Lipinski definition) is 4. The molecule has 2 aromatic rings. The van der Waals surface area contributed by atoms with Gasteiger partial charge in [-0.15, -0.1) is 5.10 Å². The largest absolute Gasteiger partial charge is 0.333 e. The normalized spacial score (nSPS) is 18.2. The van der Waals surface area contributed by atoms with Gasteiger partial charge in [-0.2, -0.15) is 0 Å². The SMILES string of the molecule is CCCN(C(=O)c1cnnn1C)C1CCCN(Cc2ccccc2)C1. The molecule has 1 amide bonds. The molecule has 1 aromatic carbocycles. The summed E-state index contributed by atoms with van der Waals surface area (Å²) in [5.41, 5.74) is 1.89. The van der Waals surface area contributed by atoms with E-state index >= 15 is 0 Å². The molecule has 6 heteroatoms. The Hall–Kier alpha value is -2.21. The Balaban J connectivity index is 1.70. The molecule has 2 heterocycles. The molecule has 1 unspecified atom stereocenters. The van der Waals surface area contributed by atoms with Crippen LogP contribution in [0.15, 0.2) is 36.5 Å². The van der Waals surface area contributed by atoms with Gasteiger partial charge in [0.15, 0.2) is 0 Å². The van der Waals surface area contributed by atoms with Crippen LogP contribution in [0, 0.1) is 0 Å². The number of nitrogens with zero attached hydrogens (tertiary/aromatic N) is 5. The highest BCUT2D eigenvalue weighted by Crippen LogP contribution is 2.20. The van der Waals surface area contributed by atoms with Gasteiger partial charge < -0.3 is 4.90 Å². The maximum absolute atomic E-state index is 13.0. The van der Waals surface area contributed by atoms with Gasteiger partial charge in [-0.1, -0.05) is 42.5 Å². The van der Waals surface area contributed by atoms with Crippen LogP contribution in [0.3, 0.4) is 0 Å². The molecule has 6 nitrogen and oxygen atoms in total. The van der Waals surface area contributed by atoms with Crippen molar-refractivity contribution in [2.24, 2.45) is 7.05 Å². The van der Waals surface area contributed by atoms with Crippen molar-refractivity contribution in [1.29, 1.82) is 0 Å². The predicted octanol–water partition coefficient (Wildman–Crippen LogP) is 2.33. The van der Waals surface area contributed by atoms with Crippen molar-refractivity contribution in [1.82, 2.24) is 24.8 Å². The van der Waals surface area contributed by atoms with Gasteiger partial charge in [0.1, 0.15) is 5.69 Å². The Bertz CT molecular complexity index is 684. The average Bonchev–Trinajstić information content (AvgIpc) is 3.06. The Labute approximate surface area is 149 Å². The fourth-order valence-electron chi connectivity index (χ4n) is 3.59. The van der Waals surface area contributed by atoms with E-state index < -0.39 is 0 Å². The number of piperidine rings is 1. The van der Waals surface area contributed by atoms with Crippen LogP contribution < -0.4 is 0 Å². The van der Waals surface area contributed by atoms with Gasteiger partial charge in [0.25, 0.3) is 5.91 Å². The Morgan fingerprint density at radius 1 is 1.32 bits per heavy atom. The van der Waals surface area contributed by atoms with Gasteiger partial charge in [-0.05, 0) is 31.4 Å². The first-order valence-corrected chi connectivity index (χ1v) is 9.11. The standard InChI is InChI=1S/C19H27N5O/c1-3-11-24(19(25)18-13-20-21-22(18)2)17-10-7-12-23(15-17)14-16-8-5-4-6-9-16/h4-6,8-9,13,17H,3,7,10-12,14-15H2,1-2H3. The van der Waals surface area contributed by atoms with Gasteiger partial charge >= 0.3 is 0 Å². The average molecular weight is 341 g/mol. The number of aryl methyl sites for hydroxylation is 1. The number of rotatable bonds is 6. The molecule has 1 aliphatic heterocycles. The highest BCUT2D eigenvalue weighted by molar-refractivity contribution is 5.92. The van der Waals surface area contributed by atoms with Crippen LogP contribution in [0.2, 0.25) is 0 Å². The summed E-state index contributed by atoms with van der Waals surface area (Å²) in [4.78, 5) is 17.5. The van der Waals surface area contributed by atoms with Crippen molar-refractivity contribution < 1.29 is 4.79 Å². The molecule has 0 spiro atoms. The van der Waals surface area contributed by atoms with E-state index in [-0.39, 0.29) is 11.9 Å². The number of aromatic nitrogens is 3. The topological polar surface area (TPSA) is 54.3 Å². The number of likely N-dealkylation sites (tertiary alicyclic amines) is 1. The van der Waals surface area contributed by atoms with Crippen LogP contribution in [0.5, 0.6) is 0 Å². The lowest BCUT2D eigenvalue weighted by molar-refractivity contribution is 0.0524. The predicted molar refractivity (Wildman–Crippen MR) is 97.1 cm³/mol. The molecule has 0 aliphatic carbocycles. The number of carbonyl (C=O) groups excluding carboxylic acids is 1. The zero-order valence-electron chi connectivity index (χ0n) is 15.1. The summed E-state index contributed by atoms with van der Waals surface area (Å²) in [6, 6.07) is 10.8. The zero-order chi connectivity index (χ0) is 17.6. The molecule has 25 heavy (non-hydrogen) atoms. The first-order valence-electron chi connectivity index (χ1n) is 9.11. The fourth-order valence-corrected chi connectivity index (χ4v) is 3.59. The van der Waals surface area contributed by atoms with E-state index in [1.165, 1.54) is 5.56 Å². The highest BCUT2D eigenvalue weighted by atomic mass is 16.2. The molecule has 1 aromatic heterocycles. The molecule has 0 saturated carbocycles. The molecule has 0 radical (unpaired) electrons. The lowest BCUT2D eigenvalue weighted by Crippen LogP contribution is -2.50. The minimum absolute atomic E-state index is 0.0425. The maximum atomic E-state index is 13.0. The second kappa shape index (κ2) is 8.25. The molecule has 3 rings (SSSR count). The lowest BCUT2D eigenvalue weighted by atomic mass is 10.0. The van der Waals surface area contributed by atoms with Crippen LogP contribution in [0.4, 0.5) is 0 Å². The summed E-state index contributed by atoms with van der Waals surface area (Å²) in [7, 11) is 1.77. The van der Waals surface area contributed by atoms with Crippen LogP contribution in [0.25, 0.3) is 0 Å². The van der Waals surface area contributed by atoms with Gasteiger partial charge in [-0.3, -0.25) is 9.69 Å². The van der Waals surface area contributed by atoms with Crippen molar-refractivity contribution in [3.63, 3.8) is 0 Å². The Kier molecular flexibility index (Phi) is 5.81. The third-order valence-electron chi connectivity index (χ3n) is 4.83. The number of carbonyl (C=O) groups is 1. The second-order valence-corrected chi connectivity index (χ2v) is 6.76.